The van der Waals surface area contributed by atoms with Crippen LogP contribution in [-0.2, 0) is 16.0 Å². The smallest absolute Gasteiger partial charge is 0.290 e. The number of primary amides is 1. The number of amides is 2. The van der Waals surface area contributed by atoms with Gasteiger partial charge >= 0.3 is 0 Å². The summed E-state index contributed by atoms with van der Waals surface area (Å²) in [5.41, 5.74) is 6.52. The number of hydrogen-bond donors (Lipinski definition) is 2. The standard InChI is InChI=1S/C19H16ClN3O5/c1-10-22-15(12-8-14(20)27-9-12)17(28-10)19(26)23-13(16(24)18(21)25)7-11-5-3-2-4-6-11/h2-6,8-9,13H,7H2,1H3,(H2,21,25)(H,23,26). The molecule has 3 aromatic rings. The molecule has 8 nitrogen and oxygen atoms in total. The highest BCUT2D eigenvalue weighted by molar-refractivity contribution is 6.38. The van der Waals surface area contributed by atoms with Crippen molar-refractivity contribution in [1.29, 1.82) is 0 Å². The molecule has 2 aromatic heterocycles. The predicted octanol–water partition coefficient (Wildman–Crippen LogP) is 2.29. The molecular weight excluding hydrogens is 386 g/mol. The normalized spacial score (nSPS) is 11.8. The molecule has 3 rings (SSSR count). The molecule has 2 amide bonds. The van der Waals surface area contributed by atoms with Crippen molar-refractivity contribution in [2.75, 3.05) is 0 Å². The first-order chi connectivity index (χ1) is 13.3. The Morgan fingerprint density at radius 1 is 1.25 bits per heavy atom. The molecule has 28 heavy (non-hydrogen) atoms. The Balaban J connectivity index is 1.88. The maximum Gasteiger partial charge on any atom is 0.290 e. The Morgan fingerprint density at radius 2 is 1.96 bits per heavy atom. The van der Waals surface area contributed by atoms with E-state index in [4.69, 9.17) is 26.2 Å². The minimum atomic E-state index is -1.15. The number of halogens is 1. The second-order valence-corrected chi connectivity index (χ2v) is 6.37. The van der Waals surface area contributed by atoms with E-state index in [0.717, 1.165) is 5.56 Å². The fourth-order valence-electron chi connectivity index (χ4n) is 2.67. The predicted molar refractivity (Wildman–Crippen MR) is 99.6 cm³/mol. The molecule has 1 unspecified atom stereocenters. The molecule has 0 fully saturated rings. The summed E-state index contributed by atoms with van der Waals surface area (Å²) in [6.07, 6.45) is 1.42. The SMILES string of the molecule is Cc1nc(-c2coc(Cl)c2)c(C(=O)NC(Cc2ccccc2)C(=O)C(N)=O)o1. The van der Waals surface area contributed by atoms with E-state index in [9.17, 15) is 14.4 Å². The van der Waals surface area contributed by atoms with Gasteiger partial charge in [0.2, 0.25) is 11.5 Å². The van der Waals surface area contributed by atoms with E-state index in [1.54, 1.807) is 31.2 Å². The third kappa shape index (κ3) is 4.29. The Hall–Kier alpha value is -3.39. The Kier molecular flexibility index (Phi) is 5.60. The molecule has 0 saturated carbocycles. The van der Waals surface area contributed by atoms with Crippen molar-refractivity contribution in [3.05, 3.63) is 65.1 Å². The number of Topliss-reactive ketones (excluding diaryl/α,β-unsaturated/α-hetero) is 1. The largest absolute Gasteiger partial charge is 0.452 e. The zero-order valence-electron chi connectivity index (χ0n) is 14.8. The van der Waals surface area contributed by atoms with Crippen LogP contribution >= 0.6 is 11.6 Å². The summed E-state index contributed by atoms with van der Waals surface area (Å²) in [5, 5.41) is 2.62. The summed E-state index contributed by atoms with van der Waals surface area (Å²) in [6, 6.07) is 9.24. The summed E-state index contributed by atoms with van der Waals surface area (Å²) in [6.45, 7) is 1.57. The highest BCUT2D eigenvalue weighted by Gasteiger charge is 2.29. The fourth-order valence-corrected chi connectivity index (χ4v) is 2.83. The molecule has 0 aliphatic carbocycles. The molecule has 1 atom stereocenters. The fraction of sp³-hybridized carbons (Fsp3) is 0.158. The van der Waals surface area contributed by atoms with Crippen LogP contribution in [0.2, 0.25) is 5.22 Å². The van der Waals surface area contributed by atoms with Crippen LogP contribution in [0, 0.1) is 6.92 Å². The number of benzene rings is 1. The van der Waals surface area contributed by atoms with Gasteiger partial charge in [0.1, 0.15) is 18.0 Å². The van der Waals surface area contributed by atoms with E-state index >= 15 is 0 Å². The number of oxazole rings is 1. The molecule has 0 aliphatic heterocycles. The Labute approximate surface area is 164 Å². The number of carbonyl (C=O) groups excluding carboxylic acids is 3. The van der Waals surface area contributed by atoms with Crippen molar-refractivity contribution in [3.8, 4) is 11.3 Å². The number of furan rings is 1. The lowest BCUT2D eigenvalue weighted by Gasteiger charge is -2.15. The van der Waals surface area contributed by atoms with Crippen LogP contribution in [0.4, 0.5) is 0 Å². The van der Waals surface area contributed by atoms with Gasteiger partial charge in [0, 0.05) is 25.0 Å². The third-order valence-electron chi connectivity index (χ3n) is 3.93. The lowest BCUT2D eigenvalue weighted by Crippen LogP contribution is -2.47. The molecule has 2 heterocycles. The van der Waals surface area contributed by atoms with Crippen molar-refractivity contribution in [1.82, 2.24) is 10.3 Å². The van der Waals surface area contributed by atoms with E-state index in [2.05, 4.69) is 10.3 Å². The first-order valence-electron chi connectivity index (χ1n) is 8.25. The maximum atomic E-state index is 12.8. The van der Waals surface area contributed by atoms with Gasteiger partial charge in [-0.25, -0.2) is 4.98 Å². The summed E-state index contributed by atoms with van der Waals surface area (Å²) in [4.78, 5) is 40.6. The zero-order chi connectivity index (χ0) is 20.3. The molecule has 9 heteroatoms. The van der Waals surface area contributed by atoms with Gasteiger partial charge in [-0.15, -0.1) is 0 Å². The van der Waals surface area contributed by atoms with Gasteiger partial charge in [0.15, 0.2) is 11.1 Å². The number of aryl methyl sites for hydroxylation is 1. The van der Waals surface area contributed by atoms with Crippen LogP contribution in [-0.4, -0.2) is 28.6 Å². The number of nitrogens with zero attached hydrogens (tertiary/aromatic N) is 1. The van der Waals surface area contributed by atoms with E-state index in [1.165, 1.54) is 12.3 Å². The van der Waals surface area contributed by atoms with Gasteiger partial charge in [0.25, 0.3) is 11.8 Å². The molecule has 144 valence electrons. The Bertz CT molecular complexity index is 1030. The quantitative estimate of drug-likeness (QED) is 0.584. The van der Waals surface area contributed by atoms with E-state index in [0.29, 0.717) is 5.56 Å². The van der Waals surface area contributed by atoms with Crippen LogP contribution in [0.3, 0.4) is 0 Å². The first kappa shape index (κ1) is 19.4. The van der Waals surface area contributed by atoms with Crippen molar-refractivity contribution in [2.45, 2.75) is 19.4 Å². The summed E-state index contributed by atoms with van der Waals surface area (Å²) in [5.74, 6) is -2.68. The number of hydrogen-bond acceptors (Lipinski definition) is 6. The molecule has 0 bridgehead atoms. The maximum absolute atomic E-state index is 12.8. The average Bonchev–Trinajstić information content (AvgIpc) is 3.26. The van der Waals surface area contributed by atoms with Gasteiger partial charge in [-0.1, -0.05) is 30.3 Å². The van der Waals surface area contributed by atoms with Crippen LogP contribution in [0.25, 0.3) is 11.3 Å². The minimum Gasteiger partial charge on any atom is -0.452 e. The van der Waals surface area contributed by atoms with E-state index in [-0.39, 0.29) is 29.0 Å². The number of rotatable bonds is 7. The van der Waals surface area contributed by atoms with E-state index in [1.807, 2.05) is 6.07 Å². The summed E-state index contributed by atoms with van der Waals surface area (Å²) < 4.78 is 10.4. The van der Waals surface area contributed by atoms with Crippen molar-refractivity contribution in [3.63, 3.8) is 0 Å². The third-order valence-corrected chi connectivity index (χ3v) is 4.13. The molecule has 0 spiro atoms. The summed E-state index contributed by atoms with van der Waals surface area (Å²) in [7, 11) is 0. The monoisotopic (exact) mass is 401 g/mol. The number of nitrogens with two attached hydrogens (primary N) is 1. The number of aromatic nitrogens is 1. The van der Waals surface area contributed by atoms with Gasteiger partial charge in [-0.05, 0) is 17.2 Å². The van der Waals surface area contributed by atoms with Crippen molar-refractivity contribution in [2.24, 2.45) is 5.73 Å². The van der Waals surface area contributed by atoms with Crippen molar-refractivity contribution >= 4 is 29.2 Å². The Morgan fingerprint density at radius 3 is 2.57 bits per heavy atom. The highest BCUT2D eigenvalue weighted by Crippen LogP contribution is 2.27. The lowest BCUT2D eigenvalue weighted by atomic mass is 10.0. The van der Waals surface area contributed by atoms with Crippen LogP contribution < -0.4 is 11.1 Å². The molecule has 0 radical (unpaired) electrons. The van der Waals surface area contributed by atoms with Gasteiger partial charge < -0.3 is 19.9 Å². The van der Waals surface area contributed by atoms with Crippen LogP contribution in [0.15, 0.2) is 51.5 Å². The van der Waals surface area contributed by atoms with Gasteiger partial charge in [-0.2, -0.15) is 0 Å². The highest BCUT2D eigenvalue weighted by atomic mass is 35.5. The van der Waals surface area contributed by atoms with Crippen LogP contribution in [0.1, 0.15) is 22.0 Å². The topological polar surface area (TPSA) is 128 Å². The summed E-state index contributed by atoms with van der Waals surface area (Å²) >= 11 is 5.78. The molecule has 3 N–H and O–H groups in total. The lowest BCUT2D eigenvalue weighted by molar-refractivity contribution is -0.137. The van der Waals surface area contributed by atoms with Gasteiger partial charge in [0.05, 0.1) is 0 Å². The second-order valence-electron chi connectivity index (χ2n) is 5.99. The number of ketones is 1. The van der Waals surface area contributed by atoms with Gasteiger partial charge in [-0.3, -0.25) is 14.4 Å². The van der Waals surface area contributed by atoms with Crippen molar-refractivity contribution < 1.29 is 23.2 Å². The van der Waals surface area contributed by atoms with E-state index < -0.39 is 23.6 Å². The van der Waals surface area contributed by atoms with Crippen LogP contribution in [0.5, 0.6) is 0 Å². The zero-order valence-corrected chi connectivity index (χ0v) is 15.5. The molecule has 0 saturated heterocycles. The average molecular weight is 402 g/mol. The molecule has 0 aliphatic rings. The molecule has 1 aromatic carbocycles. The second kappa shape index (κ2) is 8.10. The first-order valence-corrected chi connectivity index (χ1v) is 8.63. The number of nitrogens with one attached hydrogen (secondary N) is 1. The molecular formula is C19H16ClN3O5. The minimum absolute atomic E-state index is 0.0916. The number of carbonyl (C=O) groups is 3.